The molecule has 0 bridgehead atoms. The zero-order valence-corrected chi connectivity index (χ0v) is 20.4. The van der Waals surface area contributed by atoms with Crippen LogP contribution in [0.1, 0.15) is 31.2 Å². The first kappa shape index (κ1) is 23.7. The lowest BCUT2D eigenvalue weighted by Gasteiger charge is -2.27. The Hall–Kier alpha value is -3.08. The number of hydrogen-bond acceptors (Lipinski definition) is 7. The molecule has 35 heavy (non-hydrogen) atoms. The van der Waals surface area contributed by atoms with E-state index in [1.165, 1.54) is 24.5 Å². The minimum Gasteiger partial charge on any atom is -0.393 e. The van der Waals surface area contributed by atoms with Crippen molar-refractivity contribution in [1.29, 1.82) is 0 Å². The number of benzene rings is 1. The Labute approximate surface area is 206 Å². The fourth-order valence-corrected chi connectivity index (χ4v) is 5.81. The molecule has 0 saturated heterocycles. The predicted octanol–water partition coefficient (Wildman–Crippen LogP) is 4.55. The molecule has 1 unspecified atom stereocenters. The molecule has 2 N–H and O–H groups in total. The molecule has 182 valence electrons. The summed E-state index contributed by atoms with van der Waals surface area (Å²) in [5, 5.41) is 13.7. The molecule has 1 aliphatic rings. The topological polar surface area (TPSA) is 110 Å². The van der Waals surface area contributed by atoms with E-state index in [1.807, 2.05) is 6.92 Å². The van der Waals surface area contributed by atoms with Crippen molar-refractivity contribution in [2.24, 2.45) is 0 Å². The number of nitrogens with one attached hydrogen (secondary N) is 1. The van der Waals surface area contributed by atoms with Crippen LogP contribution in [0, 0.1) is 12.7 Å². The Morgan fingerprint density at radius 2 is 1.94 bits per heavy atom. The maximum absolute atomic E-state index is 14.6. The minimum atomic E-state index is -3.99. The number of hydrogen-bond donors (Lipinski definition) is 2. The van der Waals surface area contributed by atoms with Crippen LogP contribution in [-0.2, 0) is 10.0 Å². The second-order valence-electron chi connectivity index (χ2n) is 8.73. The van der Waals surface area contributed by atoms with E-state index in [0.717, 1.165) is 35.0 Å². The zero-order valence-electron chi connectivity index (χ0n) is 18.8. The standard InChI is InChI=1S/C24H23ClFN5O3S/c1-14-5-7-18(8-6-14)35(33,34)31-13-20(19-9-15(25)11-28-24(19)31)22-27-12-21(26)23(30-22)29-16-3-2-4-17(32)10-16/h5-9,11-13,16-17,32H,2-4,10H2,1H3,(H,27,29,30)/t16-,17?/m0/s1. The Morgan fingerprint density at radius 1 is 1.17 bits per heavy atom. The van der Waals surface area contributed by atoms with Crippen molar-refractivity contribution < 1.29 is 17.9 Å². The number of aryl methyl sites for hydroxylation is 1. The number of anilines is 1. The molecular weight excluding hydrogens is 493 g/mol. The number of nitrogens with zero attached hydrogens (tertiary/aromatic N) is 4. The number of pyridine rings is 1. The summed E-state index contributed by atoms with van der Waals surface area (Å²) in [5.41, 5.74) is 1.43. The van der Waals surface area contributed by atoms with Gasteiger partial charge in [-0.05, 0) is 50.8 Å². The van der Waals surface area contributed by atoms with Gasteiger partial charge in [-0.1, -0.05) is 29.3 Å². The van der Waals surface area contributed by atoms with Crippen molar-refractivity contribution in [3.63, 3.8) is 0 Å². The molecule has 3 heterocycles. The highest BCUT2D eigenvalue weighted by molar-refractivity contribution is 7.90. The molecule has 1 fully saturated rings. The number of fused-ring (bicyclic) bond motifs is 1. The quantitative estimate of drug-likeness (QED) is 0.401. The summed E-state index contributed by atoms with van der Waals surface area (Å²) in [6.45, 7) is 1.87. The van der Waals surface area contributed by atoms with Crippen LogP contribution in [0.3, 0.4) is 0 Å². The lowest BCUT2D eigenvalue weighted by Crippen LogP contribution is -2.30. The highest BCUT2D eigenvalue weighted by Crippen LogP contribution is 2.33. The van der Waals surface area contributed by atoms with Crippen LogP contribution in [0.25, 0.3) is 22.4 Å². The minimum absolute atomic E-state index is 0.00798. The first-order valence-corrected chi connectivity index (χ1v) is 13.0. The van der Waals surface area contributed by atoms with Gasteiger partial charge in [0, 0.05) is 29.4 Å². The fraction of sp³-hybridized carbons (Fsp3) is 0.292. The molecule has 4 aromatic rings. The molecule has 11 heteroatoms. The summed E-state index contributed by atoms with van der Waals surface area (Å²) >= 11 is 6.18. The third-order valence-corrected chi connectivity index (χ3v) is 8.00. The van der Waals surface area contributed by atoms with E-state index in [1.54, 1.807) is 18.2 Å². The summed E-state index contributed by atoms with van der Waals surface area (Å²) in [6.07, 6.45) is 6.16. The Morgan fingerprint density at radius 3 is 2.69 bits per heavy atom. The highest BCUT2D eigenvalue weighted by Gasteiger charge is 2.26. The number of aliphatic hydroxyl groups excluding tert-OH is 1. The number of rotatable bonds is 5. The average molecular weight is 516 g/mol. The Kier molecular flexibility index (Phi) is 6.20. The average Bonchev–Trinajstić information content (AvgIpc) is 3.20. The normalized spacial score (nSPS) is 18.6. The molecule has 5 rings (SSSR count). The summed E-state index contributed by atoms with van der Waals surface area (Å²) in [6, 6.07) is 7.94. The van der Waals surface area contributed by atoms with E-state index in [4.69, 9.17) is 11.6 Å². The van der Waals surface area contributed by atoms with Gasteiger partial charge in [0.1, 0.15) is 0 Å². The van der Waals surface area contributed by atoms with Gasteiger partial charge >= 0.3 is 0 Å². The van der Waals surface area contributed by atoms with Crippen molar-refractivity contribution >= 4 is 38.5 Å². The van der Waals surface area contributed by atoms with Crippen LogP contribution in [0.15, 0.2) is 53.8 Å². The van der Waals surface area contributed by atoms with Gasteiger partial charge in [0.25, 0.3) is 10.0 Å². The van der Waals surface area contributed by atoms with Gasteiger partial charge < -0.3 is 10.4 Å². The molecule has 0 spiro atoms. The first-order chi connectivity index (χ1) is 16.7. The van der Waals surface area contributed by atoms with E-state index in [2.05, 4.69) is 20.3 Å². The van der Waals surface area contributed by atoms with Gasteiger partial charge in [-0.3, -0.25) is 0 Å². The van der Waals surface area contributed by atoms with Crippen molar-refractivity contribution in [3.05, 3.63) is 65.3 Å². The maximum Gasteiger partial charge on any atom is 0.269 e. The van der Waals surface area contributed by atoms with Crippen LogP contribution < -0.4 is 5.32 Å². The lowest BCUT2D eigenvalue weighted by atomic mass is 9.93. The predicted molar refractivity (Wildman–Crippen MR) is 131 cm³/mol. The summed E-state index contributed by atoms with van der Waals surface area (Å²) < 4.78 is 42.6. The third kappa shape index (κ3) is 4.61. The largest absolute Gasteiger partial charge is 0.393 e. The molecule has 1 aliphatic carbocycles. The summed E-state index contributed by atoms with van der Waals surface area (Å²) in [5.74, 6) is -0.524. The van der Waals surface area contributed by atoms with Gasteiger partial charge in [-0.2, -0.15) is 0 Å². The molecular formula is C24H23ClFN5O3S. The fourth-order valence-electron chi connectivity index (χ4n) is 4.33. The summed E-state index contributed by atoms with van der Waals surface area (Å²) in [7, 11) is -3.99. The summed E-state index contributed by atoms with van der Waals surface area (Å²) in [4.78, 5) is 12.8. The third-order valence-electron chi connectivity index (χ3n) is 6.13. The molecule has 0 amide bonds. The number of aromatic nitrogens is 4. The van der Waals surface area contributed by atoms with E-state index in [-0.39, 0.29) is 28.2 Å². The molecule has 8 nitrogen and oxygen atoms in total. The van der Waals surface area contributed by atoms with Gasteiger partial charge in [0.15, 0.2) is 23.1 Å². The van der Waals surface area contributed by atoms with Crippen LogP contribution >= 0.6 is 11.6 Å². The van der Waals surface area contributed by atoms with Crippen molar-refractivity contribution in [1.82, 2.24) is 18.9 Å². The van der Waals surface area contributed by atoms with Gasteiger partial charge in [-0.25, -0.2) is 31.7 Å². The van der Waals surface area contributed by atoms with Crippen LogP contribution in [0.4, 0.5) is 10.2 Å². The molecule has 3 aromatic heterocycles. The maximum atomic E-state index is 14.6. The number of halogens is 2. The van der Waals surface area contributed by atoms with E-state index < -0.39 is 21.9 Å². The van der Waals surface area contributed by atoms with E-state index in [9.17, 15) is 17.9 Å². The zero-order chi connectivity index (χ0) is 24.7. The van der Waals surface area contributed by atoms with Gasteiger partial charge in [-0.15, -0.1) is 0 Å². The van der Waals surface area contributed by atoms with E-state index in [0.29, 0.717) is 22.4 Å². The monoisotopic (exact) mass is 515 g/mol. The Balaban J connectivity index is 1.61. The van der Waals surface area contributed by atoms with Crippen molar-refractivity contribution in [2.45, 2.75) is 49.6 Å². The van der Waals surface area contributed by atoms with Crippen LogP contribution in [0.5, 0.6) is 0 Å². The first-order valence-electron chi connectivity index (χ1n) is 11.2. The van der Waals surface area contributed by atoms with Gasteiger partial charge in [0.2, 0.25) is 0 Å². The van der Waals surface area contributed by atoms with Crippen LogP contribution in [0.2, 0.25) is 5.02 Å². The molecule has 0 aliphatic heterocycles. The van der Waals surface area contributed by atoms with Gasteiger partial charge in [0.05, 0.1) is 22.2 Å². The highest BCUT2D eigenvalue weighted by atomic mass is 35.5. The van der Waals surface area contributed by atoms with Crippen LogP contribution in [-0.4, -0.2) is 44.6 Å². The smallest absolute Gasteiger partial charge is 0.269 e. The molecule has 2 atom stereocenters. The Bertz CT molecular complexity index is 1510. The molecule has 1 saturated carbocycles. The number of aliphatic hydroxyl groups is 1. The molecule has 0 radical (unpaired) electrons. The second-order valence-corrected chi connectivity index (χ2v) is 11.0. The lowest BCUT2D eigenvalue weighted by molar-refractivity contribution is 0.124. The van der Waals surface area contributed by atoms with Crippen molar-refractivity contribution in [2.75, 3.05) is 5.32 Å². The SMILES string of the molecule is Cc1ccc(S(=O)(=O)n2cc(-c3ncc(F)c(N[C@H]4CCCC(O)C4)n3)c3cc(Cl)cnc32)cc1. The van der Waals surface area contributed by atoms with Crippen molar-refractivity contribution in [3.8, 4) is 11.4 Å². The van der Waals surface area contributed by atoms with E-state index >= 15 is 0 Å². The second kappa shape index (κ2) is 9.18. The molecule has 1 aromatic carbocycles.